The SMILES string of the molecule is CC1(C)CC(=O)CC(C)(C)N1O[PH](ON1C(C)(C)CC(=O)CC1(C)C)(ON1C(C)(C)CC(=O)CC1(C)C)c1ccccc1. The van der Waals surface area contributed by atoms with Crippen molar-refractivity contribution >= 4 is 30.6 Å². The molecule has 10 heteroatoms. The molecule has 242 valence electrons. The number of rotatable bonds is 7. The van der Waals surface area contributed by atoms with Gasteiger partial charge in [0.2, 0.25) is 0 Å². The van der Waals surface area contributed by atoms with Crippen molar-refractivity contribution in [2.24, 2.45) is 0 Å². The number of hydroxylamine groups is 6. The summed E-state index contributed by atoms with van der Waals surface area (Å²) in [6, 6.07) is 9.75. The molecule has 0 bridgehead atoms. The van der Waals surface area contributed by atoms with Crippen molar-refractivity contribution in [1.82, 2.24) is 15.2 Å². The minimum absolute atomic E-state index is 0.178. The molecular weight excluding hydrogens is 565 g/mol. The third-order valence-corrected chi connectivity index (χ3v) is 11.1. The van der Waals surface area contributed by atoms with Gasteiger partial charge in [0.15, 0.2) is 0 Å². The van der Waals surface area contributed by atoms with Crippen LogP contribution in [0.25, 0.3) is 0 Å². The molecule has 0 spiro atoms. The summed E-state index contributed by atoms with van der Waals surface area (Å²) < 4.78 is 21.9. The van der Waals surface area contributed by atoms with Crippen LogP contribution in [0.5, 0.6) is 0 Å². The second kappa shape index (κ2) is 11.0. The molecule has 0 atom stereocenters. The standard InChI is InChI=1S/C33H54N3O6P/c1-28(2)18-24(37)19-29(3,4)34(28)40-43(27-16-14-13-15-17-27,41-35-30(5,6)20-25(38)21-31(35,7)8)42-36-32(9,10)22-26(39)23-33(36,11)12/h13-17,43H,18-23H2,1-12H3. The first-order chi connectivity index (χ1) is 19.4. The van der Waals surface area contributed by atoms with Crippen molar-refractivity contribution in [2.75, 3.05) is 0 Å². The minimum atomic E-state index is -4.09. The predicted molar refractivity (Wildman–Crippen MR) is 170 cm³/mol. The first kappa shape index (κ1) is 34.3. The number of benzene rings is 1. The van der Waals surface area contributed by atoms with E-state index in [9.17, 15) is 14.4 Å². The predicted octanol–water partition coefficient (Wildman–Crippen LogP) is 6.27. The molecule has 0 amide bonds. The summed E-state index contributed by atoms with van der Waals surface area (Å²) in [5.74, 6) is 0.534. The van der Waals surface area contributed by atoms with Crippen molar-refractivity contribution in [1.29, 1.82) is 0 Å². The summed E-state index contributed by atoms with van der Waals surface area (Å²) in [6.07, 6.45) is 1.92. The molecule has 1 aromatic rings. The van der Waals surface area contributed by atoms with E-state index >= 15 is 0 Å². The number of hydrogen-bond acceptors (Lipinski definition) is 9. The fourth-order valence-electron chi connectivity index (χ4n) is 7.92. The van der Waals surface area contributed by atoms with Crippen molar-refractivity contribution in [3.63, 3.8) is 0 Å². The van der Waals surface area contributed by atoms with E-state index < -0.39 is 41.2 Å². The molecule has 0 unspecified atom stereocenters. The quantitative estimate of drug-likeness (QED) is 0.328. The van der Waals surface area contributed by atoms with Gasteiger partial charge in [-0.1, -0.05) is 0 Å². The van der Waals surface area contributed by atoms with Crippen molar-refractivity contribution in [2.45, 2.75) is 155 Å². The number of ketones is 3. The third kappa shape index (κ3) is 6.84. The molecule has 0 radical (unpaired) electrons. The molecule has 0 aliphatic carbocycles. The number of nitrogens with zero attached hydrogens (tertiary/aromatic N) is 3. The molecular formula is C33H54N3O6P. The van der Waals surface area contributed by atoms with Gasteiger partial charge >= 0.3 is 259 Å². The first-order valence-electron chi connectivity index (χ1n) is 15.5. The second-order valence-electron chi connectivity index (χ2n) is 16.6. The molecule has 3 saturated heterocycles. The van der Waals surface area contributed by atoms with Gasteiger partial charge in [-0.25, -0.2) is 0 Å². The van der Waals surface area contributed by atoms with E-state index in [4.69, 9.17) is 13.9 Å². The van der Waals surface area contributed by atoms with Crippen LogP contribution in [0.1, 0.15) is 122 Å². The van der Waals surface area contributed by atoms with Crippen LogP contribution in [-0.4, -0.2) is 65.8 Å². The Balaban J connectivity index is 1.96. The van der Waals surface area contributed by atoms with E-state index in [0.717, 1.165) is 5.30 Å². The van der Waals surface area contributed by atoms with Crippen molar-refractivity contribution in [3.05, 3.63) is 30.3 Å². The second-order valence-corrected chi connectivity index (χ2v) is 18.9. The zero-order chi connectivity index (χ0) is 32.4. The topological polar surface area (TPSA) is 88.6 Å². The van der Waals surface area contributed by atoms with Gasteiger partial charge in [-0.05, 0) is 0 Å². The summed E-state index contributed by atoms with van der Waals surface area (Å²) in [5.41, 5.74) is -3.97. The van der Waals surface area contributed by atoms with Gasteiger partial charge in [-0.15, -0.1) is 0 Å². The van der Waals surface area contributed by atoms with E-state index in [1.807, 2.05) is 129 Å². The van der Waals surface area contributed by atoms with E-state index in [2.05, 4.69) is 0 Å². The van der Waals surface area contributed by atoms with Gasteiger partial charge in [-0.3, -0.25) is 0 Å². The van der Waals surface area contributed by atoms with Crippen molar-refractivity contribution < 1.29 is 28.3 Å². The summed E-state index contributed by atoms with van der Waals surface area (Å²) >= 11 is 0. The van der Waals surface area contributed by atoms with Crippen LogP contribution >= 0.6 is 7.94 Å². The summed E-state index contributed by atoms with van der Waals surface area (Å²) in [5, 5.41) is 6.51. The molecule has 0 N–H and O–H groups in total. The Hall–Kier alpha value is -1.58. The molecule has 3 aliphatic heterocycles. The molecule has 4 rings (SSSR count). The molecule has 0 aromatic heterocycles. The van der Waals surface area contributed by atoms with E-state index in [0.29, 0.717) is 38.5 Å². The van der Waals surface area contributed by atoms with Gasteiger partial charge in [0.25, 0.3) is 0 Å². The fourth-order valence-corrected chi connectivity index (χ4v) is 11.1. The molecule has 0 saturated carbocycles. The zero-order valence-electron chi connectivity index (χ0n) is 28.4. The maximum atomic E-state index is 12.9. The van der Waals surface area contributed by atoms with Crippen LogP contribution in [-0.2, 0) is 28.3 Å². The van der Waals surface area contributed by atoms with Crippen LogP contribution in [0.2, 0.25) is 0 Å². The van der Waals surface area contributed by atoms with Gasteiger partial charge < -0.3 is 0 Å². The number of carbonyl (C=O) groups is 3. The average molecular weight is 620 g/mol. The van der Waals surface area contributed by atoms with Gasteiger partial charge in [-0.2, -0.15) is 0 Å². The van der Waals surface area contributed by atoms with Gasteiger partial charge in [0.1, 0.15) is 0 Å². The normalized spacial score (nSPS) is 27.7. The number of Topliss-reactive ketones (excluding diaryl/α,β-unsaturated/α-hetero) is 3. The maximum absolute atomic E-state index is 12.9. The Morgan fingerprint density at radius 1 is 0.465 bits per heavy atom. The van der Waals surface area contributed by atoms with E-state index in [1.165, 1.54) is 0 Å². The fraction of sp³-hybridized carbons (Fsp3) is 0.727. The van der Waals surface area contributed by atoms with Crippen LogP contribution in [0.4, 0.5) is 0 Å². The van der Waals surface area contributed by atoms with Crippen LogP contribution in [0.3, 0.4) is 0 Å². The Kier molecular flexibility index (Phi) is 8.81. The Labute approximate surface area is 259 Å². The van der Waals surface area contributed by atoms with E-state index in [-0.39, 0.29) is 17.3 Å². The summed E-state index contributed by atoms with van der Waals surface area (Å²) in [6.45, 7) is 24.1. The Bertz CT molecular complexity index is 1070. The molecule has 3 fully saturated rings. The Morgan fingerprint density at radius 2 is 0.698 bits per heavy atom. The molecule has 43 heavy (non-hydrogen) atoms. The van der Waals surface area contributed by atoms with Crippen LogP contribution in [0, 0.1) is 0 Å². The summed E-state index contributed by atoms with van der Waals surface area (Å²) in [4.78, 5) is 38.7. The summed E-state index contributed by atoms with van der Waals surface area (Å²) in [7, 11) is -4.09. The van der Waals surface area contributed by atoms with Crippen LogP contribution < -0.4 is 5.30 Å². The van der Waals surface area contributed by atoms with E-state index in [1.54, 1.807) is 0 Å². The average Bonchev–Trinajstić information content (AvgIpc) is 2.78. The zero-order valence-corrected chi connectivity index (χ0v) is 29.4. The van der Waals surface area contributed by atoms with Crippen molar-refractivity contribution in [3.8, 4) is 0 Å². The third-order valence-electron chi connectivity index (χ3n) is 8.84. The molecule has 3 heterocycles. The number of hydrogen-bond donors (Lipinski definition) is 0. The van der Waals surface area contributed by atoms with Crippen LogP contribution in [0.15, 0.2) is 30.3 Å². The number of carbonyl (C=O) groups excluding carboxylic acids is 3. The molecule has 9 nitrogen and oxygen atoms in total. The number of piperidine rings is 3. The van der Waals surface area contributed by atoms with Gasteiger partial charge in [0, 0.05) is 0 Å². The monoisotopic (exact) mass is 619 g/mol. The molecule has 3 aliphatic rings. The molecule has 1 aromatic carbocycles. The first-order valence-corrected chi connectivity index (χ1v) is 17.2. The Morgan fingerprint density at radius 3 is 0.930 bits per heavy atom. The van der Waals surface area contributed by atoms with Gasteiger partial charge in [0.05, 0.1) is 0 Å².